The molecular formula is C3H5ClN2O. The fourth-order valence-corrected chi connectivity index (χ4v) is 0.234. The predicted molar refractivity (Wildman–Crippen MR) is 28.2 cm³/mol. The lowest BCUT2D eigenvalue weighted by molar-refractivity contribution is 0.580. The summed E-state index contributed by atoms with van der Waals surface area (Å²) < 4.78 is 4.50. The SMILES string of the molecule is Cl.Nc1ncco1. The Morgan fingerprint density at radius 2 is 2.43 bits per heavy atom. The molecule has 0 saturated carbocycles. The Morgan fingerprint density at radius 1 is 1.71 bits per heavy atom. The van der Waals surface area contributed by atoms with Gasteiger partial charge >= 0.3 is 0 Å². The van der Waals surface area contributed by atoms with Gasteiger partial charge in [-0.3, -0.25) is 0 Å². The molecule has 0 aliphatic heterocycles. The number of hydrogen-bond donors (Lipinski definition) is 1. The summed E-state index contributed by atoms with van der Waals surface area (Å²) in [6, 6.07) is 0.218. The average molecular weight is 121 g/mol. The molecule has 0 aromatic carbocycles. The Bertz CT molecular complexity index is 116. The predicted octanol–water partition coefficient (Wildman–Crippen LogP) is 0.679. The second kappa shape index (κ2) is 2.47. The number of hydrogen-bond acceptors (Lipinski definition) is 3. The highest BCUT2D eigenvalue weighted by atomic mass is 35.5. The molecule has 0 radical (unpaired) electrons. The normalized spacial score (nSPS) is 7.43. The zero-order valence-corrected chi connectivity index (χ0v) is 4.31. The fraction of sp³-hybridized carbons (Fsp3) is 0. The molecule has 1 aromatic heterocycles. The lowest BCUT2D eigenvalue weighted by Crippen LogP contribution is -1.79. The minimum atomic E-state index is 0. The van der Waals surface area contributed by atoms with Crippen molar-refractivity contribution in [3.8, 4) is 0 Å². The van der Waals surface area contributed by atoms with E-state index in [-0.39, 0.29) is 18.4 Å². The highest BCUT2D eigenvalue weighted by Crippen LogP contribution is 1.90. The van der Waals surface area contributed by atoms with Gasteiger partial charge in [0.05, 0.1) is 6.20 Å². The van der Waals surface area contributed by atoms with Crippen LogP contribution in [0.1, 0.15) is 0 Å². The van der Waals surface area contributed by atoms with Crippen LogP contribution in [0.4, 0.5) is 6.01 Å². The number of rotatable bonds is 0. The number of nitrogen functional groups attached to an aromatic ring is 1. The van der Waals surface area contributed by atoms with E-state index in [1.165, 1.54) is 12.5 Å². The highest BCUT2D eigenvalue weighted by molar-refractivity contribution is 5.85. The third-order valence-electron chi connectivity index (χ3n) is 0.451. The van der Waals surface area contributed by atoms with E-state index < -0.39 is 0 Å². The van der Waals surface area contributed by atoms with Gasteiger partial charge in [0.1, 0.15) is 6.26 Å². The Labute approximate surface area is 46.9 Å². The highest BCUT2D eigenvalue weighted by Gasteiger charge is 1.78. The Kier molecular flexibility index (Phi) is 2.22. The molecular weight excluding hydrogens is 115 g/mol. The standard InChI is InChI=1S/C3H4N2O.ClH/c4-3-5-1-2-6-3;/h1-2H,(H2,4,5);1H. The average Bonchev–Trinajstić information content (AvgIpc) is 1.86. The van der Waals surface area contributed by atoms with E-state index in [4.69, 9.17) is 5.73 Å². The van der Waals surface area contributed by atoms with Crippen molar-refractivity contribution in [1.29, 1.82) is 0 Å². The van der Waals surface area contributed by atoms with E-state index >= 15 is 0 Å². The third kappa shape index (κ3) is 1.45. The number of aromatic nitrogens is 1. The smallest absolute Gasteiger partial charge is 0.291 e. The minimum absolute atomic E-state index is 0. The lowest BCUT2D eigenvalue weighted by atomic mass is 11.0. The second-order valence-electron chi connectivity index (χ2n) is 0.870. The molecule has 0 unspecified atom stereocenters. The molecule has 1 aromatic rings. The van der Waals surface area contributed by atoms with E-state index in [1.807, 2.05) is 0 Å². The van der Waals surface area contributed by atoms with Gasteiger partial charge in [0.2, 0.25) is 0 Å². The Morgan fingerprint density at radius 3 is 2.57 bits per heavy atom. The van der Waals surface area contributed by atoms with Crippen LogP contribution in [0.15, 0.2) is 16.9 Å². The van der Waals surface area contributed by atoms with E-state index in [0.717, 1.165) is 0 Å². The molecule has 0 saturated heterocycles. The van der Waals surface area contributed by atoms with Crippen molar-refractivity contribution in [2.45, 2.75) is 0 Å². The largest absolute Gasteiger partial charge is 0.432 e. The van der Waals surface area contributed by atoms with Crippen LogP contribution in [0.5, 0.6) is 0 Å². The third-order valence-corrected chi connectivity index (χ3v) is 0.451. The van der Waals surface area contributed by atoms with E-state index in [1.54, 1.807) is 0 Å². The van der Waals surface area contributed by atoms with Gasteiger partial charge in [-0.05, 0) is 0 Å². The van der Waals surface area contributed by atoms with Crippen LogP contribution < -0.4 is 5.73 Å². The molecule has 0 bridgehead atoms. The summed E-state index contributed by atoms with van der Waals surface area (Å²) in [5, 5.41) is 0. The maximum atomic E-state index is 5.00. The molecule has 7 heavy (non-hydrogen) atoms. The van der Waals surface area contributed by atoms with Gasteiger partial charge in [-0.25, -0.2) is 4.98 Å². The van der Waals surface area contributed by atoms with Crippen molar-refractivity contribution in [2.75, 3.05) is 5.73 Å². The molecule has 0 atom stereocenters. The molecule has 3 nitrogen and oxygen atoms in total. The summed E-state index contributed by atoms with van der Waals surface area (Å²) in [6.07, 6.45) is 2.92. The molecule has 2 N–H and O–H groups in total. The first-order valence-electron chi connectivity index (χ1n) is 1.54. The van der Waals surface area contributed by atoms with Crippen molar-refractivity contribution in [3.63, 3.8) is 0 Å². The van der Waals surface area contributed by atoms with Crippen molar-refractivity contribution in [3.05, 3.63) is 12.5 Å². The number of nitrogens with zero attached hydrogens (tertiary/aromatic N) is 1. The van der Waals surface area contributed by atoms with Crippen LogP contribution in [0.2, 0.25) is 0 Å². The molecule has 0 spiro atoms. The monoisotopic (exact) mass is 120 g/mol. The van der Waals surface area contributed by atoms with Crippen molar-refractivity contribution in [1.82, 2.24) is 4.98 Å². The molecule has 0 fully saturated rings. The topological polar surface area (TPSA) is 52.0 Å². The maximum Gasteiger partial charge on any atom is 0.291 e. The molecule has 0 aliphatic rings. The van der Waals surface area contributed by atoms with Crippen LogP contribution in [-0.2, 0) is 0 Å². The summed E-state index contributed by atoms with van der Waals surface area (Å²) in [6.45, 7) is 0. The zero-order chi connectivity index (χ0) is 4.41. The van der Waals surface area contributed by atoms with Crippen LogP contribution in [0, 0.1) is 0 Å². The zero-order valence-electron chi connectivity index (χ0n) is 3.50. The van der Waals surface area contributed by atoms with Gasteiger partial charge in [-0.2, -0.15) is 0 Å². The Hall–Kier alpha value is -0.700. The summed E-state index contributed by atoms with van der Waals surface area (Å²) in [5.74, 6) is 0. The summed E-state index contributed by atoms with van der Waals surface area (Å²) in [4.78, 5) is 3.53. The summed E-state index contributed by atoms with van der Waals surface area (Å²) >= 11 is 0. The van der Waals surface area contributed by atoms with Gasteiger partial charge in [-0.1, -0.05) is 0 Å². The minimum Gasteiger partial charge on any atom is -0.432 e. The number of nitrogens with two attached hydrogens (primary N) is 1. The Balaban J connectivity index is 0.000000360. The van der Waals surface area contributed by atoms with Gasteiger partial charge in [0.15, 0.2) is 0 Å². The van der Waals surface area contributed by atoms with Crippen molar-refractivity contribution >= 4 is 18.4 Å². The number of oxazole rings is 1. The van der Waals surface area contributed by atoms with Gasteiger partial charge in [0, 0.05) is 0 Å². The van der Waals surface area contributed by atoms with E-state index in [2.05, 4.69) is 9.40 Å². The quantitative estimate of drug-likeness (QED) is 0.548. The first-order valence-corrected chi connectivity index (χ1v) is 1.54. The molecule has 4 heteroatoms. The van der Waals surface area contributed by atoms with E-state index in [9.17, 15) is 0 Å². The molecule has 40 valence electrons. The number of halogens is 1. The number of anilines is 1. The molecule has 1 rings (SSSR count). The molecule has 0 aliphatic carbocycles. The van der Waals surface area contributed by atoms with Crippen LogP contribution >= 0.6 is 12.4 Å². The fourth-order valence-electron chi connectivity index (χ4n) is 0.234. The van der Waals surface area contributed by atoms with Crippen molar-refractivity contribution in [2.24, 2.45) is 0 Å². The van der Waals surface area contributed by atoms with Crippen molar-refractivity contribution < 1.29 is 4.42 Å². The molecule has 0 amide bonds. The first kappa shape index (κ1) is 6.30. The maximum absolute atomic E-state index is 5.00. The summed E-state index contributed by atoms with van der Waals surface area (Å²) in [5.41, 5.74) is 5.00. The van der Waals surface area contributed by atoms with Gasteiger partial charge < -0.3 is 10.2 Å². The van der Waals surface area contributed by atoms with Gasteiger partial charge in [-0.15, -0.1) is 12.4 Å². The van der Waals surface area contributed by atoms with Crippen LogP contribution in [0.25, 0.3) is 0 Å². The van der Waals surface area contributed by atoms with Gasteiger partial charge in [0.25, 0.3) is 6.01 Å². The second-order valence-corrected chi connectivity index (χ2v) is 0.870. The first-order chi connectivity index (χ1) is 2.89. The van der Waals surface area contributed by atoms with E-state index in [0.29, 0.717) is 0 Å². The summed E-state index contributed by atoms with van der Waals surface area (Å²) in [7, 11) is 0. The lowest BCUT2D eigenvalue weighted by Gasteiger charge is -1.68. The van der Waals surface area contributed by atoms with Crippen LogP contribution in [-0.4, -0.2) is 4.98 Å². The van der Waals surface area contributed by atoms with Crippen LogP contribution in [0.3, 0.4) is 0 Å². The molecule has 1 heterocycles.